The molecule has 0 aliphatic rings. The van der Waals surface area contributed by atoms with Gasteiger partial charge in [-0.25, -0.2) is 0 Å². The molecule has 1 amide bonds. The van der Waals surface area contributed by atoms with E-state index >= 15 is 0 Å². The lowest BCUT2D eigenvalue weighted by molar-refractivity contribution is -0.115. The van der Waals surface area contributed by atoms with E-state index in [1.165, 1.54) is 16.3 Å². The zero-order chi connectivity index (χ0) is 22.7. The van der Waals surface area contributed by atoms with E-state index in [0.717, 1.165) is 11.3 Å². The Morgan fingerprint density at radius 3 is 2.72 bits per heavy atom. The van der Waals surface area contributed by atoms with Crippen molar-refractivity contribution in [3.63, 3.8) is 0 Å². The summed E-state index contributed by atoms with van der Waals surface area (Å²) in [5.41, 5.74) is 2.32. The number of anilines is 1. The summed E-state index contributed by atoms with van der Waals surface area (Å²) in [7, 11) is 1.58. The molecule has 8 nitrogen and oxygen atoms in total. The SMILES string of the molecule is CCC(Sc1nnc2c(=O)n(-c3cccc(OC)c3)ccn12)C(=O)Nc1ccccc1C. The van der Waals surface area contributed by atoms with E-state index in [2.05, 4.69) is 15.5 Å². The summed E-state index contributed by atoms with van der Waals surface area (Å²) in [5, 5.41) is 11.3. The Kier molecular flexibility index (Phi) is 6.27. The minimum absolute atomic E-state index is 0.117. The Hall–Kier alpha value is -3.59. The van der Waals surface area contributed by atoms with Gasteiger partial charge >= 0.3 is 5.56 Å². The Morgan fingerprint density at radius 1 is 1.16 bits per heavy atom. The van der Waals surface area contributed by atoms with Gasteiger partial charge in [-0.1, -0.05) is 43.0 Å². The van der Waals surface area contributed by atoms with E-state index in [-0.39, 0.29) is 22.4 Å². The molecule has 2 aromatic heterocycles. The molecule has 0 spiro atoms. The monoisotopic (exact) mass is 449 g/mol. The van der Waals surface area contributed by atoms with Gasteiger partial charge in [0, 0.05) is 24.1 Å². The Labute approximate surface area is 189 Å². The molecule has 0 bridgehead atoms. The summed E-state index contributed by atoms with van der Waals surface area (Å²) in [5.74, 6) is 0.533. The Bertz CT molecular complexity index is 1330. The van der Waals surface area contributed by atoms with Crippen molar-refractivity contribution in [2.45, 2.75) is 30.7 Å². The number of carbonyl (C=O) groups excluding carboxylic acids is 1. The number of fused-ring (bicyclic) bond motifs is 1. The summed E-state index contributed by atoms with van der Waals surface area (Å²) >= 11 is 1.28. The van der Waals surface area contributed by atoms with Crippen LogP contribution in [0.25, 0.3) is 11.3 Å². The minimum Gasteiger partial charge on any atom is -0.497 e. The van der Waals surface area contributed by atoms with Gasteiger partial charge in [-0.05, 0) is 37.1 Å². The van der Waals surface area contributed by atoms with Crippen LogP contribution in [0.1, 0.15) is 18.9 Å². The molecule has 164 valence electrons. The third kappa shape index (κ3) is 4.24. The highest BCUT2D eigenvalue weighted by Crippen LogP contribution is 2.26. The van der Waals surface area contributed by atoms with Crippen molar-refractivity contribution < 1.29 is 9.53 Å². The first kappa shape index (κ1) is 21.6. The van der Waals surface area contributed by atoms with E-state index in [1.54, 1.807) is 30.0 Å². The molecular weight excluding hydrogens is 426 g/mol. The van der Waals surface area contributed by atoms with Gasteiger partial charge < -0.3 is 10.1 Å². The molecule has 1 unspecified atom stereocenters. The van der Waals surface area contributed by atoms with Crippen LogP contribution >= 0.6 is 11.8 Å². The van der Waals surface area contributed by atoms with Crippen LogP contribution in [0.3, 0.4) is 0 Å². The van der Waals surface area contributed by atoms with Crippen molar-refractivity contribution in [3.8, 4) is 11.4 Å². The van der Waals surface area contributed by atoms with Crippen molar-refractivity contribution >= 4 is 29.0 Å². The van der Waals surface area contributed by atoms with Crippen LogP contribution in [0.15, 0.2) is 70.9 Å². The average Bonchev–Trinajstić information content (AvgIpc) is 3.22. The van der Waals surface area contributed by atoms with Gasteiger partial charge in [0.15, 0.2) is 5.16 Å². The van der Waals surface area contributed by atoms with Crippen LogP contribution < -0.4 is 15.6 Å². The van der Waals surface area contributed by atoms with Crippen molar-refractivity contribution in [1.29, 1.82) is 0 Å². The number of amides is 1. The second-order valence-corrected chi connectivity index (χ2v) is 8.34. The predicted octanol–water partition coefficient (Wildman–Crippen LogP) is 3.71. The van der Waals surface area contributed by atoms with Crippen molar-refractivity contribution in [1.82, 2.24) is 19.2 Å². The number of nitrogens with zero attached hydrogens (tertiary/aromatic N) is 4. The molecule has 0 aliphatic carbocycles. The number of hydrogen-bond acceptors (Lipinski definition) is 6. The second-order valence-electron chi connectivity index (χ2n) is 7.17. The third-order valence-corrected chi connectivity index (χ3v) is 6.41. The number of ether oxygens (including phenoxy) is 1. The molecule has 9 heteroatoms. The maximum atomic E-state index is 13.0. The molecule has 2 aromatic carbocycles. The van der Waals surface area contributed by atoms with E-state index in [0.29, 0.717) is 23.0 Å². The number of aromatic nitrogens is 4. The van der Waals surface area contributed by atoms with E-state index in [4.69, 9.17) is 4.74 Å². The lowest BCUT2D eigenvalue weighted by Gasteiger charge is -2.15. The zero-order valence-electron chi connectivity index (χ0n) is 18.0. The topological polar surface area (TPSA) is 90.5 Å². The van der Waals surface area contributed by atoms with Gasteiger partial charge in [0.05, 0.1) is 18.0 Å². The first-order chi connectivity index (χ1) is 15.5. The molecule has 0 fully saturated rings. The molecule has 1 atom stereocenters. The highest BCUT2D eigenvalue weighted by atomic mass is 32.2. The quantitative estimate of drug-likeness (QED) is 0.433. The van der Waals surface area contributed by atoms with Crippen LogP contribution in [0.5, 0.6) is 5.75 Å². The molecule has 0 saturated heterocycles. The Balaban J connectivity index is 1.60. The normalized spacial score (nSPS) is 12.0. The van der Waals surface area contributed by atoms with E-state index < -0.39 is 0 Å². The highest BCUT2D eigenvalue weighted by molar-refractivity contribution is 8.00. The largest absolute Gasteiger partial charge is 0.497 e. The van der Waals surface area contributed by atoms with Crippen molar-refractivity contribution in [2.24, 2.45) is 0 Å². The number of para-hydroxylation sites is 1. The fourth-order valence-electron chi connectivity index (χ4n) is 3.29. The summed E-state index contributed by atoms with van der Waals surface area (Å²) in [4.78, 5) is 25.9. The van der Waals surface area contributed by atoms with Crippen LogP contribution in [-0.2, 0) is 4.79 Å². The van der Waals surface area contributed by atoms with Crippen LogP contribution in [-0.4, -0.2) is 37.4 Å². The fourth-order valence-corrected chi connectivity index (χ4v) is 4.22. The van der Waals surface area contributed by atoms with Crippen LogP contribution in [0.4, 0.5) is 5.69 Å². The van der Waals surface area contributed by atoms with Gasteiger partial charge in [0.1, 0.15) is 5.75 Å². The number of rotatable bonds is 7. The molecule has 1 N–H and O–H groups in total. The maximum absolute atomic E-state index is 13.0. The van der Waals surface area contributed by atoms with Gasteiger partial charge in [0.25, 0.3) is 0 Å². The summed E-state index contributed by atoms with van der Waals surface area (Å²) in [6.45, 7) is 3.89. The molecular formula is C23H23N5O3S. The van der Waals surface area contributed by atoms with E-state index in [9.17, 15) is 9.59 Å². The highest BCUT2D eigenvalue weighted by Gasteiger charge is 2.22. The summed E-state index contributed by atoms with van der Waals surface area (Å²) in [6.07, 6.45) is 3.98. The second kappa shape index (κ2) is 9.27. The number of hydrogen-bond donors (Lipinski definition) is 1. The summed E-state index contributed by atoms with van der Waals surface area (Å²) in [6, 6.07) is 14.8. The lowest BCUT2D eigenvalue weighted by Crippen LogP contribution is -2.25. The number of benzene rings is 2. The molecule has 0 radical (unpaired) electrons. The van der Waals surface area contributed by atoms with Gasteiger partial charge in [-0.2, -0.15) is 0 Å². The Morgan fingerprint density at radius 2 is 1.97 bits per heavy atom. The fraction of sp³-hybridized carbons (Fsp3) is 0.217. The number of carbonyl (C=O) groups is 1. The molecule has 4 rings (SSSR count). The third-order valence-electron chi connectivity index (χ3n) is 5.08. The molecule has 4 aromatic rings. The molecule has 0 aliphatic heterocycles. The lowest BCUT2D eigenvalue weighted by atomic mass is 10.2. The van der Waals surface area contributed by atoms with Crippen LogP contribution in [0.2, 0.25) is 0 Å². The zero-order valence-corrected chi connectivity index (χ0v) is 18.8. The van der Waals surface area contributed by atoms with Crippen molar-refractivity contribution in [2.75, 3.05) is 12.4 Å². The average molecular weight is 450 g/mol. The number of aryl methyl sites for hydroxylation is 1. The molecule has 0 saturated carbocycles. The molecule has 2 heterocycles. The standard InChI is InChI=1S/C23H23N5O3S/c1-4-19(21(29)24-18-11-6-5-8-15(18)2)32-23-26-25-20-22(30)27(12-13-28(20)23)16-9-7-10-17(14-16)31-3/h5-14,19H,4H2,1-3H3,(H,24,29). The van der Waals surface area contributed by atoms with E-state index in [1.807, 2.05) is 56.3 Å². The van der Waals surface area contributed by atoms with Gasteiger partial charge in [-0.15, -0.1) is 10.2 Å². The van der Waals surface area contributed by atoms with Crippen molar-refractivity contribution in [3.05, 3.63) is 76.8 Å². The first-order valence-electron chi connectivity index (χ1n) is 10.2. The first-order valence-corrected chi connectivity index (χ1v) is 11.0. The predicted molar refractivity (Wildman–Crippen MR) is 125 cm³/mol. The smallest absolute Gasteiger partial charge is 0.300 e. The maximum Gasteiger partial charge on any atom is 0.300 e. The van der Waals surface area contributed by atoms with Gasteiger partial charge in [-0.3, -0.25) is 18.6 Å². The number of nitrogens with one attached hydrogen (secondary N) is 1. The minimum atomic E-state index is -0.386. The summed E-state index contributed by atoms with van der Waals surface area (Å²) < 4.78 is 8.35. The number of methoxy groups -OCH3 is 1. The van der Waals surface area contributed by atoms with Crippen LogP contribution in [0, 0.1) is 6.92 Å². The van der Waals surface area contributed by atoms with Gasteiger partial charge in [0.2, 0.25) is 11.6 Å². The number of thioether (sulfide) groups is 1. The molecule has 32 heavy (non-hydrogen) atoms.